The number of nitrogens with one attached hydrogen (secondary N) is 2. The van der Waals surface area contributed by atoms with Crippen molar-refractivity contribution in [3.8, 4) is 0 Å². The third-order valence-corrected chi connectivity index (χ3v) is 2.33. The fraction of sp³-hybridized carbons (Fsp3) is 0.154. The maximum absolute atomic E-state index is 11.5. The Balaban J connectivity index is 1.74. The molecule has 0 unspecified atom stereocenters. The van der Waals surface area contributed by atoms with Crippen LogP contribution < -0.4 is 5.32 Å². The van der Waals surface area contributed by atoms with E-state index in [1.165, 1.54) is 6.08 Å². The number of nitrogens with zero attached hydrogens (tertiary/aromatic N) is 2. The predicted octanol–water partition coefficient (Wildman–Crippen LogP) is 1.18. The van der Waals surface area contributed by atoms with Crippen molar-refractivity contribution < 1.29 is 4.79 Å². The zero-order chi connectivity index (χ0) is 12.6. The van der Waals surface area contributed by atoms with E-state index < -0.39 is 0 Å². The summed E-state index contributed by atoms with van der Waals surface area (Å²) < 4.78 is 0. The Morgan fingerprint density at radius 1 is 1.44 bits per heavy atom. The first kappa shape index (κ1) is 12.0. The lowest BCUT2D eigenvalue weighted by atomic mass is 10.2. The predicted molar refractivity (Wildman–Crippen MR) is 68.6 cm³/mol. The highest BCUT2D eigenvalue weighted by Crippen LogP contribution is 1.97. The molecule has 0 fully saturated rings. The van der Waals surface area contributed by atoms with E-state index in [4.69, 9.17) is 0 Å². The van der Waals surface area contributed by atoms with Crippen LogP contribution in [0.3, 0.4) is 0 Å². The van der Waals surface area contributed by atoms with E-state index in [0.717, 1.165) is 11.4 Å². The van der Waals surface area contributed by atoms with Gasteiger partial charge in [-0.25, -0.2) is 4.98 Å². The molecule has 92 valence electrons. The van der Waals surface area contributed by atoms with Gasteiger partial charge in [-0.3, -0.25) is 9.78 Å². The summed E-state index contributed by atoms with van der Waals surface area (Å²) in [7, 11) is 0. The highest BCUT2D eigenvalue weighted by molar-refractivity contribution is 5.91. The van der Waals surface area contributed by atoms with Crippen LogP contribution in [0.15, 0.2) is 43.0 Å². The second kappa shape index (κ2) is 6.34. The van der Waals surface area contributed by atoms with Crippen molar-refractivity contribution in [3.63, 3.8) is 0 Å². The Bertz CT molecular complexity index is 505. The lowest BCUT2D eigenvalue weighted by Gasteiger charge is -1.99. The fourth-order valence-electron chi connectivity index (χ4n) is 1.44. The molecule has 0 aromatic carbocycles. The largest absolute Gasteiger partial charge is 0.352 e. The highest BCUT2D eigenvalue weighted by atomic mass is 16.1. The van der Waals surface area contributed by atoms with E-state index in [1.807, 2.05) is 12.1 Å². The van der Waals surface area contributed by atoms with Crippen molar-refractivity contribution in [2.75, 3.05) is 6.54 Å². The van der Waals surface area contributed by atoms with Crippen molar-refractivity contribution in [1.29, 1.82) is 0 Å². The molecule has 0 radical (unpaired) electrons. The summed E-state index contributed by atoms with van der Waals surface area (Å²) in [5, 5.41) is 2.79. The van der Waals surface area contributed by atoms with Gasteiger partial charge in [0.25, 0.3) is 0 Å². The second-order valence-electron chi connectivity index (χ2n) is 3.70. The Morgan fingerprint density at radius 2 is 2.39 bits per heavy atom. The molecule has 0 saturated carbocycles. The van der Waals surface area contributed by atoms with Crippen LogP contribution in [0, 0.1) is 0 Å². The number of aromatic amines is 1. The van der Waals surface area contributed by atoms with Gasteiger partial charge in [0, 0.05) is 43.8 Å². The van der Waals surface area contributed by atoms with Gasteiger partial charge < -0.3 is 10.3 Å². The van der Waals surface area contributed by atoms with Crippen LogP contribution in [0.2, 0.25) is 0 Å². The monoisotopic (exact) mass is 242 g/mol. The minimum absolute atomic E-state index is 0.120. The molecule has 0 saturated heterocycles. The highest BCUT2D eigenvalue weighted by Gasteiger charge is 1.97. The summed E-state index contributed by atoms with van der Waals surface area (Å²) >= 11 is 0. The lowest BCUT2D eigenvalue weighted by molar-refractivity contribution is -0.116. The molecule has 0 spiro atoms. The van der Waals surface area contributed by atoms with Crippen LogP contribution in [-0.2, 0) is 11.2 Å². The van der Waals surface area contributed by atoms with Gasteiger partial charge in [-0.05, 0) is 17.7 Å². The standard InChI is InChI=1S/C13H14N4O/c18-13(4-3-11-2-1-6-14-10-11)17-7-5-12-15-8-9-16-12/h1-4,6,8-10H,5,7H2,(H,15,16)(H,17,18)/b4-3+. The number of carbonyl (C=O) groups excluding carboxylic acids is 1. The first-order valence-electron chi connectivity index (χ1n) is 5.69. The van der Waals surface area contributed by atoms with Crippen LogP contribution in [-0.4, -0.2) is 27.4 Å². The molecule has 0 aliphatic heterocycles. The zero-order valence-electron chi connectivity index (χ0n) is 9.84. The van der Waals surface area contributed by atoms with Gasteiger partial charge in [0.1, 0.15) is 5.82 Å². The third-order valence-electron chi connectivity index (χ3n) is 2.33. The molecule has 2 aromatic rings. The van der Waals surface area contributed by atoms with Gasteiger partial charge >= 0.3 is 0 Å². The molecule has 2 N–H and O–H groups in total. The van der Waals surface area contributed by atoms with Crippen LogP contribution in [0.1, 0.15) is 11.4 Å². The number of H-pyrrole nitrogens is 1. The van der Waals surface area contributed by atoms with Crippen molar-refractivity contribution >= 4 is 12.0 Å². The molecular weight excluding hydrogens is 228 g/mol. The molecular formula is C13H14N4O. The van der Waals surface area contributed by atoms with Crippen molar-refractivity contribution in [3.05, 3.63) is 54.4 Å². The second-order valence-corrected chi connectivity index (χ2v) is 3.70. The normalized spacial score (nSPS) is 10.7. The molecule has 1 amide bonds. The van der Waals surface area contributed by atoms with Gasteiger partial charge in [-0.15, -0.1) is 0 Å². The van der Waals surface area contributed by atoms with Crippen molar-refractivity contribution in [2.24, 2.45) is 0 Å². The van der Waals surface area contributed by atoms with E-state index in [0.29, 0.717) is 13.0 Å². The van der Waals surface area contributed by atoms with Crippen molar-refractivity contribution in [1.82, 2.24) is 20.3 Å². The van der Waals surface area contributed by atoms with Gasteiger partial charge in [0.2, 0.25) is 5.91 Å². The van der Waals surface area contributed by atoms with E-state index in [1.54, 1.807) is 30.9 Å². The maximum atomic E-state index is 11.5. The first-order chi connectivity index (χ1) is 8.84. The molecule has 5 heteroatoms. The van der Waals surface area contributed by atoms with Gasteiger partial charge in [0.15, 0.2) is 0 Å². The van der Waals surface area contributed by atoms with E-state index in [-0.39, 0.29) is 5.91 Å². The first-order valence-corrected chi connectivity index (χ1v) is 5.69. The van der Waals surface area contributed by atoms with Gasteiger partial charge in [0.05, 0.1) is 0 Å². The van der Waals surface area contributed by atoms with E-state index >= 15 is 0 Å². The number of hydrogen-bond donors (Lipinski definition) is 2. The molecule has 0 atom stereocenters. The molecule has 0 aliphatic carbocycles. The molecule has 0 aliphatic rings. The van der Waals surface area contributed by atoms with E-state index in [9.17, 15) is 4.79 Å². The number of aromatic nitrogens is 3. The third kappa shape index (κ3) is 3.86. The Labute approximate surface area is 105 Å². The average Bonchev–Trinajstić information content (AvgIpc) is 2.91. The average molecular weight is 242 g/mol. The molecule has 2 aromatic heterocycles. The topological polar surface area (TPSA) is 70.7 Å². The van der Waals surface area contributed by atoms with E-state index in [2.05, 4.69) is 20.3 Å². The molecule has 0 bridgehead atoms. The quantitative estimate of drug-likeness (QED) is 0.773. The summed E-state index contributed by atoms with van der Waals surface area (Å²) in [6.07, 6.45) is 10.8. The summed E-state index contributed by atoms with van der Waals surface area (Å²) in [5.74, 6) is 0.747. The molecule has 2 heterocycles. The Hall–Kier alpha value is -2.43. The smallest absolute Gasteiger partial charge is 0.244 e. The van der Waals surface area contributed by atoms with Crippen molar-refractivity contribution in [2.45, 2.75) is 6.42 Å². The summed E-state index contributed by atoms with van der Waals surface area (Å²) in [5.41, 5.74) is 0.902. The zero-order valence-corrected chi connectivity index (χ0v) is 9.84. The molecule has 18 heavy (non-hydrogen) atoms. The minimum atomic E-state index is -0.120. The summed E-state index contributed by atoms with van der Waals surface area (Å²) in [6, 6.07) is 3.72. The minimum Gasteiger partial charge on any atom is -0.352 e. The van der Waals surface area contributed by atoms with Crippen LogP contribution in [0.25, 0.3) is 6.08 Å². The number of imidazole rings is 1. The Kier molecular flexibility index (Phi) is 4.24. The van der Waals surface area contributed by atoms with Crippen LogP contribution >= 0.6 is 0 Å². The molecule has 5 nitrogen and oxygen atoms in total. The lowest BCUT2D eigenvalue weighted by Crippen LogP contribution is -2.23. The fourth-order valence-corrected chi connectivity index (χ4v) is 1.44. The number of hydrogen-bond acceptors (Lipinski definition) is 3. The number of amides is 1. The maximum Gasteiger partial charge on any atom is 0.244 e. The van der Waals surface area contributed by atoms with Crippen LogP contribution in [0.5, 0.6) is 0 Å². The summed E-state index contributed by atoms with van der Waals surface area (Å²) in [4.78, 5) is 22.5. The molecule has 2 rings (SSSR count). The number of pyridine rings is 1. The summed E-state index contributed by atoms with van der Waals surface area (Å²) in [6.45, 7) is 0.559. The number of carbonyl (C=O) groups is 1. The van der Waals surface area contributed by atoms with Gasteiger partial charge in [-0.2, -0.15) is 0 Å². The number of rotatable bonds is 5. The Morgan fingerprint density at radius 3 is 3.11 bits per heavy atom. The SMILES string of the molecule is O=C(/C=C/c1cccnc1)NCCc1ncc[nH]1. The van der Waals surface area contributed by atoms with Gasteiger partial charge in [-0.1, -0.05) is 6.07 Å². The van der Waals surface area contributed by atoms with Crippen LogP contribution in [0.4, 0.5) is 0 Å².